The van der Waals surface area contributed by atoms with Crippen molar-refractivity contribution in [2.24, 2.45) is 5.73 Å². The molecule has 0 spiro atoms. The molecule has 1 aliphatic carbocycles. The zero-order valence-corrected chi connectivity index (χ0v) is 9.61. The Balaban J connectivity index is 2.12. The predicted molar refractivity (Wildman–Crippen MR) is 59.5 cm³/mol. The Labute approximate surface area is 90.9 Å². The summed E-state index contributed by atoms with van der Waals surface area (Å²) in [5, 5.41) is 8.36. The molecule has 84 valence electrons. The topological polar surface area (TPSA) is 56.7 Å². The molecule has 1 aliphatic rings. The van der Waals surface area contributed by atoms with Crippen molar-refractivity contribution in [1.82, 2.24) is 14.8 Å². The lowest BCUT2D eigenvalue weighted by Gasteiger charge is -2.12. The first-order valence-corrected chi connectivity index (χ1v) is 5.91. The van der Waals surface area contributed by atoms with E-state index in [0.29, 0.717) is 6.04 Å². The first kappa shape index (κ1) is 10.6. The molecule has 1 heterocycles. The fourth-order valence-electron chi connectivity index (χ4n) is 1.98. The van der Waals surface area contributed by atoms with Crippen molar-refractivity contribution >= 4 is 0 Å². The van der Waals surface area contributed by atoms with E-state index in [2.05, 4.69) is 21.7 Å². The number of hydrogen-bond acceptors (Lipinski definition) is 3. The van der Waals surface area contributed by atoms with E-state index in [1.165, 1.54) is 19.3 Å². The van der Waals surface area contributed by atoms with Gasteiger partial charge in [0.2, 0.25) is 0 Å². The van der Waals surface area contributed by atoms with Gasteiger partial charge in [0.25, 0.3) is 0 Å². The fraction of sp³-hybridized carbons (Fsp3) is 0.818. The number of nitrogens with zero attached hydrogens (tertiary/aromatic N) is 3. The van der Waals surface area contributed by atoms with Gasteiger partial charge in [0.15, 0.2) is 0 Å². The van der Waals surface area contributed by atoms with Crippen LogP contribution in [-0.4, -0.2) is 14.8 Å². The minimum atomic E-state index is 0.0618. The Hall–Kier alpha value is -0.900. The highest BCUT2D eigenvalue weighted by atomic mass is 15.3. The first-order valence-electron chi connectivity index (χ1n) is 5.91. The van der Waals surface area contributed by atoms with Crippen LogP contribution in [0.5, 0.6) is 0 Å². The third-order valence-corrected chi connectivity index (χ3v) is 3.00. The fourth-order valence-corrected chi connectivity index (χ4v) is 1.98. The molecule has 2 N–H and O–H groups in total. The SMILES string of the molecule is CCCCC(N)c1nnc(C)n1C1CC1. The van der Waals surface area contributed by atoms with E-state index in [9.17, 15) is 0 Å². The largest absolute Gasteiger partial charge is 0.321 e. The normalized spacial score (nSPS) is 18.1. The van der Waals surface area contributed by atoms with E-state index >= 15 is 0 Å². The summed E-state index contributed by atoms with van der Waals surface area (Å²) < 4.78 is 2.24. The molecule has 1 unspecified atom stereocenters. The Morgan fingerprint density at radius 2 is 2.20 bits per heavy atom. The van der Waals surface area contributed by atoms with Crippen LogP contribution in [0.25, 0.3) is 0 Å². The highest BCUT2D eigenvalue weighted by molar-refractivity contribution is 5.05. The van der Waals surface area contributed by atoms with Crippen LogP contribution in [-0.2, 0) is 0 Å². The minimum Gasteiger partial charge on any atom is -0.321 e. The summed E-state index contributed by atoms with van der Waals surface area (Å²) in [4.78, 5) is 0. The predicted octanol–water partition coefficient (Wildman–Crippen LogP) is 2.11. The van der Waals surface area contributed by atoms with Crippen molar-refractivity contribution in [3.63, 3.8) is 0 Å². The maximum absolute atomic E-state index is 6.14. The molecule has 15 heavy (non-hydrogen) atoms. The second-order valence-corrected chi connectivity index (χ2v) is 4.46. The molecular formula is C11H20N4. The van der Waals surface area contributed by atoms with Crippen LogP contribution in [0.2, 0.25) is 0 Å². The molecule has 1 aromatic heterocycles. The number of aromatic nitrogens is 3. The zero-order chi connectivity index (χ0) is 10.8. The quantitative estimate of drug-likeness (QED) is 0.806. The summed E-state index contributed by atoms with van der Waals surface area (Å²) in [5.41, 5.74) is 6.14. The molecular weight excluding hydrogens is 188 g/mol. The highest BCUT2D eigenvalue weighted by Crippen LogP contribution is 2.37. The molecule has 0 radical (unpaired) electrons. The molecule has 0 aliphatic heterocycles. The van der Waals surface area contributed by atoms with Crippen molar-refractivity contribution in [2.75, 3.05) is 0 Å². The van der Waals surface area contributed by atoms with Gasteiger partial charge in [0.05, 0.1) is 6.04 Å². The van der Waals surface area contributed by atoms with E-state index in [1.807, 2.05) is 6.92 Å². The van der Waals surface area contributed by atoms with Gasteiger partial charge >= 0.3 is 0 Å². The van der Waals surface area contributed by atoms with Gasteiger partial charge < -0.3 is 10.3 Å². The Kier molecular flexibility index (Phi) is 3.05. The average molecular weight is 208 g/mol. The summed E-state index contributed by atoms with van der Waals surface area (Å²) in [6, 6.07) is 0.689. The number of nitrogens with two attached hydrogens (primary N) is 1. The monoisotopic (exact) mass is 208 g/mol. The van der Waals surface area contributed by atoms with Crippen LogP contribution in [0.1, 0.15) is 62.8 Å². The van der Waals surface area contributed by atoms with Gasteiger partial charge in [0, 0.05) is 6.04 Å². The zero-order valence-electron chi connectivity index (χ0n) is 9.61. The van der Waals surface area contributed by atoms with Gasteiger partial charge in [-0.15, -0.1) is 10.2 Å². The minimum absolute atomic E-state index is 0.0618. The summed E-state index contributed by atoms with van der Waals surface area (Å²) in [7, 11) is 0. The van der Waals surface area contributed by atoms with Crippen molar-refractivity contribution in [3.05, 3.63) is 11.6 Å². The van der Waals surface area contributed by atoms with Crippen LogP contribution < -0.4 is 5.73 Å². The summed E-state index contributed by atoms with van der Waals surface area (Å²) in [6.45, 7) is 4.20. The third kappa shape index (κ3) is 2.20. The number of rotatable bonds is 5. The van der Waals surface area contributed by atoms with Gasteiger partial charge in [0.1, 0.15) is 11.6 Å². The number of hydrogen-bond donors (Lipinski definition) is 1. The Morgan fingerprint density at radius 3 is 2.80 bits per heavy atom. The van der Waals surface area contributed by atoms with E-state index in [-0.39, 0.29) is 6.04 Å². The number of unbranched alkanes of at least 4 members (excludes halogenated alkanes) is 1. The van der Waals surface area contributed by atoms with Gasteiger partial charge in [-0.2, -0.15) is 0 Å². The van der Waals surface area contributed by atoms with Crippen LogP contribution in [0.4, 0.5) is 0 Å². The van der Waals surface area contributed by atoms with E-state index in [4.69, 9.17) is 5.73 Å². The van der Waals surface area contributed by atoms with E-state index in [1.54, 1.807) is 0 Å². The smallest absolute Gasteiger partial charge is 0.150 e. The summed E-state index contributed by atoms with van der Waals surface area (Å²) in [5.74, 6) is 2.00. The standard InChI is InChI=1S/C11H20N4/c1-3-4-5-10(12)11-14-13-8(2)15(11)9-6-7-9/h9-10H,3-7,12H2,1-2H3. The molecule has 0 amide bonds. The maximum Gasteiger partial charge on any atom is 0.150 e. The average Bonchev–Trinajstić information content (AvgIpc) is 2.99. The third-order valence-electron chi connectivity index (χ3n) is 3.00. The van der Waals surface area contributed by atoms with Crippen molar-refractivity contribution in [1.29, 1.82) is 0 Å². The van der Waals surface area contributed by atoms with Crippen molar-refractivity contribution in [2.45, 2.75) is 58.0 Å². The molecule has 0 saturated heterocycles. The van der Waals surface area contributed by atoms with Crippen LogP contribution in [0.3, 0.4) is 0 Å². The number of aryl methyl sites for hydroxylation is 1. The van der Waals surface area contributed by atoms with E-state index < -0.39 is 0 Å². The van der Waals surface area contributed by atoms with Gasteiger partial charge in [-0.25, -0.2) is 0 Å². The van der Waals surface area contributed by atoms with Gasteiger partial charge in [-0.05, 0) is 26.2 Å². The Morgan fingerprint density at radius 1 is 1.47 bits per heavy atom. The van der Waals surface area contributed by atoms with Gasteiger partial charge in [-0.1, -0.05) is 19.8 Å². The van der Waals surface area contributed by atoms with Crippen LogP contribution in [0.15, 0.2) is 0 Å². The van der Waals surface area contributed by atoms with Crippen molar-refractivity contribution < 1.29 is 0 Å². The summed E-state index contributed by atoms with van der Waals surface area (Å²) >= 11 is 0. The van der Waals surface area contributed by atoms with Crippen LogP contribution >= 0.6 is 0 Å². The lowest BCUT2D eigenvalue weighted by Crippen LogP contribution is -2.16. The summed E-state index contributed by atoms with van der Waals surface area (Å²) in [6.07, 6.45) is 5.88. The molecule has 0 aromatic carbocycles. The molecule has 1 aromatic rings. The lowest BCUT2D eigenvalue weighted by molar-refractivity contribution is 0.534. The van der Waals surface area contributed by atoms with Crippen LogP contribution in [0, 0.1) is 6.92 Å². The Bertz CT molecular complexity index is 327. The molecule has 1 saturated carbocycles. The van der Waals surface area contributed by atoms with E-state index in [0.717, 1.165) is 24.5 Å². The lowest BCUT2D eigenvalue weighted by atomic mass is 10.1. The van der Waals surface area contributed by atoms with Crippen molar-refractivity contribution in [3.8, 4) is 0 Å². The molecule has 4 nitrogen and oxygen atoms in total. The molecule has 1 atom stereocenters. The molecule has 4 heteroatoms. The second kappa shape index (κ2) is 4.31. The highest BCUT2D eigenvalue weighted by Gasteiger charge is 2.29. The first-order chi connectivity index (χ1) is 7.24. The molecule has 0 bridgehead atoms. The molecule has 2 rings (SSSR count). The molecule has 1 fully saturated rings. The second-order valence-electron chi connectivity index (χ2n) is 4.46. The van der Waals surface area contributed by atoms with Gasteiger partial charge in [-0.3, -0.25) is 0 Å². The maximum atomic E-state index is 6.14.